The molecule has 0 unspecified atom stereocenters. The molecule has 0 radical (unpaired) electrons. The molecule has 0 aromatic carbocycles. The lowest BCUT2D eigenvalue weighted by atomic mass is 10.2. The van der Waals surface area contributed by atoms with Crippen LogP contribution in [0.2, 0.25) is 0 Å². The predicted octanol–water partition coefficient (Wildman–Crippen LogP) is -2.58. The van der Waals surface area contributed by atoms with E-state index in [4.69, 9.17) is 11.5 Å². The predicted molar refractivity (Wildman–Crippen MR) is 45.6 cm³/mol. The molecule has 0 heterocycles. The Morgan fingerprint density at radius 2 is 1.57 bits per heavy atom. The van der Waals surface area contributed by atoms with Crippen molar-refractivity contribution in [1.82, 2.24) is 5.32 Å². The summed E-state index contributed by atoms with van der Waals surface area (Å²) in [6.07, 6.45) is -0.420. The van der Waals surface area contributed by atoms with Gasteiger partial charge in [0.15, 0.2) is 6.04 Å². The van der Waals surface area contributed by atoms with Crippen molar-refractivity contribution in [2.45, 2.75) is 19.4 Å². The lowest BCUT2D eigenvalue weighted by molar-refractivity contribution is -0.135. The molecule has 0 rings (SSSR count). The first-order valence-electron chi connectivity index (χ1n) is 3.72. The van der Waals surface area contributed by atoms with Gasteiger partial charge in [0, 0.05) is 0 Å². The number of carbonyl (C=O) groups is 4. The molecule has 3 amide bonds. The number of nitrogens with two attached hydrogens (primary N) is 2. The van der Waals surface area contributed by atoms with Crippen LogP contribution in [0.4, 0.5) is 0 Å². The van der Waals surface area contributed by atoms with Gasteiger partial charge in [0.1, 0.15) is 5.78 Å². The van der Waals surface area contributed by atoms with Crippen molar-refractivity contribution >= 4 is 23.5 Å². The maximum absolute atomic E-state index is 10.9. The second kappa shape index (κ2) is 4.95. The molecule has 7 heteroatoms. The zero-order chi connectivity index (χ0) is 11.3. The summed E-state index contributed by atoms with van der Waals surface area (Å²) in [6.45, 7) is 1.20. The first-order chi connectivity index (χ1) is 6.34. The van der Waals surface area contributed by atoms with E-state index in [9.17, 15) is 19.2 Å². The van der Waals surface area contributed by atoms with Gasteiger partial charge in [-0.3, -0.25) is 19.2 Å². The highest BCUT2D eigenvalue weighted by molar-refractivity contribution is 6.07. The Labute approximate surface area is 79.8 Å². The quantitative estimate of drug-likeness (QED) is 0.421. The smallest absolute Gasteiger partial charge is 0.249 e. The largest absolute Gasteiger partial charge is 0.367 e. The zero-order valence-electron chi connectivity index (χ0n) is 7.57. The normalized spacial score (nSPS) is 9.57. The lowest BCUT2D eigenvalue weighted by Crippen LogP contribution is -2.52. The summed E-state index contributed by atoms with van der Waals surface area (Å²) in [5.41, 5.74) is 9.55. The topological polar surface area (TPSA) is 132 Å². The lowest BCUT2D eigenvalue weighted by Gasteiger charge is -2.10. The molecule has 0 atom stereocenters. The molecule has 0 fully saturated rings. The van der Waals surface area contributed by atoms with Gasteiger partial charge in [-0.2, -0.15) is 0 Å². The van der Waals surface area contributed by atoms with Crippen LogP contribution in [0.5, 0.6) is 0 Å². The van der Waals surface area contributed by atoms with Crippen LogP contribution < -0.4 is 16.8 Å². The molecule has 0 spiro atoms. The third kappa shape index (κ3) is 4.19. The molecule has 0 aliphatic carbocycles. The molecule has 14 heavy (non-hydrogen) atoms. The first kappa shape index (κ1) is 12.1. The minimum Gasteiger partial charge on any atom is -0.367 e. The van der Waals surface area contributed by atoms with E-state index in [-0.39, 0.29) is 0 Å². The Morgan fingerprint density at radius 1 is 1.14 bits per heavy atom. The van der Waals surface area contributed by atoms with Crippen LogP contribution in [0.15, 0.2) is 0 Å². The van der Waals surface area contributed by atoms with Crippen molar-refractivity contribution in [3.63, 3.8) is 0 Å². The summed E-state index contributed by atoms with van der Waals surface area (Å²) in [5, 5.41) is 1.94. The van der Waals surface area contributed by atoms with Crippen molar-refractivity contribution in [3.05, 3.63) is 0 Å². The molecule has 78 valence electrons. The number of hydrogen-bond donors (Lipinski definition) is 3. The fourth-order valence-electron chi connectivity index (χ4n) is 0.721. The van der Waals surface area contributed by atoms with E-state index in [1.165, 1.54) is 6.92 Å². The van der Waals surface area contributed by atoms with Crippen LogP contribution in [0.3, 0.4) is 0 Å². The fraction of sp³-hybridized carbons (Fsp3) is 0.429. The number of Topliss-reactive ketones (excluding diaryl/α,β-unsaturated/α-hetero) is 1. The van der Waals surface area contributed by atoms with E-state index in [0.29, 0.717) is 0 Å². The molecule has 0 aromatic rings. The number of amides is 3. The Kier molecular flexibility index (Phi) is 4.27. The molecule has 7 nitrogen and oxygen atoms in total. The third-order valence-corrected chi connectivity index (χ3v) is 1.28. The van der Waals surface area contributed by atoms with Gasteiger partial charge in [0.2, 0.25) is 17.7 Å². The molecule has 0 aromatic heterocycles. The molecule has 0 aliphatic rings. The molecule has 0 saturated carbocycles. The number of hydrogen-bond acceptors (Lipinski definition) is 4. The van der Waals surface area contributed by atoms with Gasteiger partial charge in [-0.05, 0) is 6.92 Å². The first-order valence-corrected chi connectivity index (χ1v) is 3.72. The third-order valence-electron chi connectivity index (χ3n) is 1.28. The van der Waals surface area contributed by atoms with Crippen LogP contribution >= 0.6 is 0 Å². The average Bonchev–Trinajstić information content (AvgIpc) is 1.97. The van der Waals surface area contributed by atoms with Crippen molar-refractivity contribution in [2.24, 2.45) is 11.5 Å². The number of primary amides is 2. The summed E-state index contributed by atoms with van der Waals surface area (Å²) < 4.78 is 0. The molecule has 0 bridgehead atoms. The summed E-state index contributed by atoms with van der Waals surface area (Å²) in [7, 11) is 0. The minimum absolute atomic E-state index is 0.393. The van der Waals surface area contributed by atoms with Crippen molar-refractivity contribution in [2.75, 3.05) is 0 Å². The molecular formula is C7H11N3O4. The summed E-state index contributed by atoms with van der Waals surface area (Å²) in [6, 6.07) is -1.57. The van der Waals surface area contributed by atoms with Crippen LogP contribution in [0.1, 0.15) is 13.3 Å². The van der Waals surface area contributed by atoms with Crippen molar-refractivity contribution in [1.29, 1.82) is 0 Å². The summed E-state index contributed by atoms with van der Waals surface area (Å²) in [4.78, 5) is 42.6. The molecule has 0 aliphatic heterocycles. The van der Waals surface area contributed by atoms with E-state index in [1.807, 2.05) is 5.32 Å². The number of nitrogens with one attached hydrogen (secondary N) is 1. The van der Waals surface area contributed by atoms with Gasteiger partial charge in [0.25, 0.3) is 0 Å². The Hall–Kier alpha value is -1.92. The molecular weight excluding hydrogens is 190 g/mol. The standard InChI is InChI=1S/C7H11N3O4/c1-3(11)2-4(12)10-5(6(8)13)7(9)14/h5H,2H2,1H3,(H2,8,13)(H2,9,14)(H,10,12). The SMILES string of the molecule is CC(=O)CC(=O)NC(C(N)=O)C(N)=O. The van der Waals surface area contributed by atoms with E-state index in [2.05, 4.69) is 0 Å². The highest BCUT2D eigenvalue weighted by Gasteiger charge is 2.23. The zero-order valence-corrected chi connectivity index (χ0v) is 7.57. The van der Waals surface area contributed by atoms with E-state index in [0.717, 1.165) is 0 Å². The number of ketones is 1. The van der Waals surface area contributed by atoms with Crippen LogP contribution in [0, 0.1) is 0 Å². The van der Waals surface area contributed by atoms with Crippen molar-refractivity contribution < 1.29 is 19.2 Å². The highest BCUT2D eigenvalue weighted by Crippen LogP contribution is 1.86. The van der Waals surface area contributed by atoms with E-state index >= 15 is 0 Å². The van der Waals surface area contributed by atoms with Crippen LogP contribution in [-0.4, -0.2) is 29.5 Å². The maximum Gasteiger partial charge on any atom is 0.249 e. The Morgan fingerprint density at radius 3 is 1.86 bits per heavy atom. The fourth-order valence-corrected chi connectivity index (χ4v) is 0.721. The number of rotatable bonds is 5. The van der Waals surface area contributed by atoms with Gasteiger partial charge in [-0.1, -0.05) is 0 Å². The minimum atomic E-state index is -1.57. The van der Waals surface area contributed by atoms with Crippen LogP contribution in [0.25, 0.3) is 0 Å². The van der Waals surface area contributed by atoms with Gasteiger partial charge in [0.05, 0.1) is 6.42 Å². The van der Waals surface area contributed by atoms with Gasteiger partial charge in [-0.15, -0.1) is 0 Å². The maximum atomic E-state index is 10.9. The molecule has 5 N–H and O–H groups in total. The number of carbonyl (C=O) groups excluding carboxylic acids is 4. The van der Waals surface area contributed by atoms with E-state index < -0.39 is 36.0 Å². The van der Waals surface area contributed by atoms with Gasteiger partial charge >= 0.3 is 0 Å². The van der Waals surface area contributed by atoms with Crippen molar-refractivity contribution in [3.8, 4) is 0 Å². The summed E-state index contributed by atoms with van der Waals surface area (Å²) in [5.74, 6) is -3.28. The Balaban J connectivity index is 4.31. The van der Waals surface area contributed by atoms with Gasteiger partial charge in [-0.25, -0.2) is 0 Å². The Bertz CT molecular complexity index is 273. The second-order valence-electron chi connectivity index (χ2n) is 2.68. The van der Waals surface area contributed by atoms with Gasteiger partial charge < -0.3 is 16.8 Å². The molecule has 0 saturated heterocycles. The van der Waals surface area contributed by atoms with E-state index in [1.54, 1.807) is 0 Å². The summed E-state index contributed by atoms with van der Waals surface area (Å²) >= 11 is 0. The second-order valence-corrected chi connectivity index (χ2v) is 2.68. The average molecular weight is 201 g/mol. The monoisotopic (exact) mass is 201 g/mol. The van der Waals surface area contributed by atoms with Crippen LogP contribution in [-0.2, 0) is 19.2 Å². The highest BCUT2D eigenvalue weighted by atomic mass is 16.2.